The van der Waals surface area contributed by atoms with E-state index in [-0.39, 0.29) is 0 Å². The molecule has 59 heavy (non-hydrogen) atoms. The zero-order chi connectivity index (χ0) is 39.3. The van der Waals surface area contributed by atoms with E-state index >= 15 is 0 Å². The summed E-state index contributed by atoms with van der Waals surface area (Å²) in [5, 5.41) is 7.77. The molecule has 0 amide bonds. The molecule has 0 bridgehead atoms. The number of hydrogen-bond acceptors (Lipinski definition) is 1. The van der Waals surface area contributed by atoms with E-state index in [9.17, 15) is 0 Å². The fraction of sp³-hybridized carbons (Fsp3) is 0.0526. The van der Waals surface area contributed by atoms with Gasteiger partial charge in [-0.25, -0.2) is 0 Å². The first kappa shape index (κ1) is 34.8. The van der Waals surface area contributed by atoms with Gasteiger partial charge in [-0.3, -0.25) is 0 Å². The SMILES string of the molecule is Cc1cccc(N(c2ccc(-c3ccc4c(c3)c3ccccc3n4-c3ccccc3)cc2)c2ccc(-c3c4ccccc4c(C4C=CC=CC4)c4ccccc34)cc2)c1. The summed E-state index contributed by atoms with van der Waals surface area (Å²) in [6.45, 7) is 2.16. The number of fused-ring (bicyclic) bond motifs is 5. The van der Waals surface area contributed by atoms with Crippen LogP contribution < -0.4 is 4.90 Å². The number of anilines is 3. The Bertz CT molecular complexity index is 3180. The van der Waals surface area contributed by atoms with Gasteiger partial charge in [0.2, 0.25) is 0 Å². The third-order valence-electron chi connectivity index (χ3n) is 12.1. The number of nitrogens with zero attached hydrogens (tertiary/aromatic N) is 2. The number of aromatic nitrogens is 1. The van der Waals surface area contributed by atoms with Crippen molar-refractivity contribution in [3.63, 3.8) is 0 Å². The molecule has 0 saturated heterocycles. The van der Waals surface area contributed by atoms with Gasteiger partial charge in [0, 0.05) is 39.4 Å². The first-order chi connectivity index (χ1) is 29.2. The molecular formula is C57H42N2. The highest BCUT2D eigenvalue weighted by Crippen LogP contribution is 2.45. The van der Waals surface area contributed by atoms with E-state index in [2.05, 4.69) is 235 Å². The second kappa shape index (κ2) is 14.5. The van der Waals surface area contributed by atoms with E-state index in [0.717, 1.165) is 23.5 Å². The molecule has 0 radical (unpaired) electrons. The number of aryl methyl sites for hydroxylation is 1. The fourth-order valence-electron chi connectivity index (χ4n) is 9.47. The van der Waals surface area contributed by atoms with Crippen LogP contribution in [0.1, 0.15) is 23.5 Å². The molecular weight excluding hydrogens is 713 g/mol. The van der Waals surface area contributed by atoms with Crippen LogP contribution in [-0.2, 0) is 0 Å². The van der Waals surface area contributed by atoms with E-state index in [1.54, 1.807) is 0 Å². The normalized spacial score (nSPS) is 13.8. The molecule has 2 heteroatoms. The Balaban J connectivity index is 0.990. The van der Waals surface area contributed by atoms with Gasteiger partial charge in [0.05, 0.1) is 11.0 Å². The van der Waals surface area contributed by atoms with Crippen LogP contribution in [0.25, 0.3) is 71.3 Å². The average molecular weight is 755 g/mol. The summed E-state index contributed by atoms with van der Waals surface area (Å²) in [4.78, 5) is 2.37. The van der Waals surface area contributed by atoms with Gasteiger partial charge in [-0.2, -0.15) is 0 Å². The second-order valence-electron chi connectivity index (χ2n) is 15.7. The standard InChI is InChI=1S/C57H42N2/c1-39-15-14-20-47(37-39)58(45-32-27-40(28-33-45)43-31-36-55-53(38-43)48-21-12-13-26-54(48)59(55)44-18-6-3-7-19-44)46-34-29-42(30-35-46)57-51-24-10-8-22-49(51)56(41-16-4-2-5-17-41)50-23-9-11-25-52(50)57/h2-16,18-38,41H,17H2,1H3. The van der Waals surface area contributed by atoms with Gasteiger partial charge in [0.25, 0.3) is 0 Å². The lowest BCUT2D eigenvalue weighted by molar-refractivity contribution is 0.870. The van der Waals surface area contributed by atoms with Gasteiger partial charge in [-0.15, -0.1) is 0 Å². The van der Waals surface area contributed by atoms with Crippen molar-refractivity contribution in [1.29, 1.82) is 0 Å². The van der Waals surface area contributed by atoms with Crippen LogP contribution in [0.2, 0.25) is 0 Å². The molecule has 9 aromatic carbocycles. The first-order valence-corrected chi connectivity index (χ1v) is 20.6. The van der Waals surface area contributed by atoms with Crippen LogP contribution in [0, 0.1) is 6.92 Å². The fourth-order valence-corrected chi connectivity index (χ4v) is 9.47. The summed E-state index contributed by atoms with van der Waals surface area (Å²) in [7, 11) is 0. The summed E-state index contributed by atoms with van der Waals surface area (Å²) in [5.74, 6) is 0.352. The molecule has 0 saturated carbocycles. The maximum absolute atomic E-state index is 2.37. The van der Waals surface area contributed by atoms with Gasteiger partial charge in [0.1, 0.15) is 0 Å². The van der Waals surface area contributed by atoms with E-state index in [1.807, 2.05) is 0 Å². The highest BCUT2D eigenvalue weighted by molar-refractivity contribution is 6.15. The topological polar surface area (TPSA) is 8.17 Å². The third kappa shape index (κ3) is 6.04. The van der Waals surface area contributed by atoms with Crippen molar-refractivity contribution in [2.75, 3.05) is 4.90 Å². The predicted molar refractivity (Wildman–Crippen MR) is 252 cm³/mol. The largest absolute Gasteiger partial charge is 0.310 e. The lowest BCUT2D eigenvalue weighted by Crippen LogP contribution is -2.10. The van der Waals surface area contributed by atoms with Crippen LogP contribution in [-0.4, -0.2) is 4.57 Å². The van der Waals surface area contributed by atoms with E-state index in [0.29, 0.717) is 5.92 Å². The molecule has 1 atom stereocenters. The highest BCUT2D eigenvalue weighted by atomic mass is 15.1. The average Bonchev–Trinajstić information content (AvgIpc) is 3.63. The molecule has 1 aliphatic rings. The number of rotatable bonds is 7. The Morgan fingerprint density at radius 3 is 1.69 bits per heavy atom. The molecule has 280 valence electrons. The zero-order valence-electron chi connectivity index (χ0n) is 33.0. The van der Waals surface area contributed by atoms with E-state index in [4.69, 9.17) is 0 Å². The predicted octanol–water partition coefficient (Wildman–Crippen LogP) is 15.8. The van der Waals surface area contributed by atoms with Crippen LogP contribution in [0.5, 0.6) is 0 Å². The van der Waals surface area contributed by atoms with E-state index in [1.165, 1.54) is 82.4 Å². The highest BCUT2D eigenvalue weighted by Gasteiger charge is 2.21. The number of para-hydroxylation sites is 2. The molecule has 1 aliphatic carbocycles. The Hall–Kier alpha value is -7.42. The van der Waals surface area contributed by atoms with Crippen molar-refractivity contribution in [3.05, 3.63) is 230 Å². The number of hydrogen-bond donors (Lipinski definition) is 0. The Kier molecular flexibility index (Phi) is 8.56. The van der Waals surface area contributed by atoms with Crippen molar-refractivity contribution in [1.82, 2.24) is 4.57 Å². The molecule has 0 spiro atoms. The maximum Gasteiger partial charge on any atom is 0.0541 e. The minimum atomic E-state index is 0.352. The van der Waals surface area contributed by atoms with Crippen molar-refractivity contribution in [2.24, 2.45) is 0 Å². The van der Waals surface area contributed by atoms with Gasteiger partial charge >= 0.3 is 0 Å². The molecule has 2 nitrogen and oxygen atoms in total. The van der Waals surface area contributed by atoms with Crippen LogP contribution >= 0.6 is 0 Å². The Morgan fingerprint density at radius 2 is 1.03 bits per heavy atom. The Morgan fingerprint density at radius 1 is 0.441 bits per heavy atom. The van der Waals surface area contributed by atoms with Gasteiger partial charge in [-0.05, 0) is 135 Å². The lowest BCUT2D eigenvalue weighted by Gasteiger charge is -2.26. The lowest BCUT2D eigenvalue weighted by atomic mass is 9.81. The third-order valence-corrected chi connectivity index (χ3v) is 12.1. The molecule has 10 aromatic rings. The van der Waals surface area contributed by atoms with Crippen molar-refractivity contribution in [2.45, 2.75) is 19.3 Å². The van der Waals surface area contributed by atoms with Crippen molar-refractivity contribution in [3.8, 4) is 27.9 Å². The van der Waals surface area contributed by atoms with Crippen molar-refractivity contribution < 1.29 is 0 Å². The molecule has 1 heterocycles. The quantitative estimate of drug-likeness (QED) is 0.147. The summed E-state index contributed by atoms with van der Waals surface area (Å²) in [5.41, 5.74) is 14.5. The first-order valence-electron chi connectivity index (χ1n) is 20.6. The Labute approximate surface area is 345 Å². The van der Waals surface area contributed by atoms with Crippen LogP contribution in [0.3, 0.4) is 0 Å². The summed E-state index contributed by atoms with van der Waals surface area (Å²) < 4.78 is 2.37. The molecule has 1 aromatic heterocycles. The summed E-state index contributed by atoms with van der Waals surface area (Å²) in [6, 6.07) is 71.3. The molecule has 0 N–H and O–H groups in total. The molecule has 0 fully saturated rings. The minimum Gasteiger partial charge on any atom is -0.310 e. The smallest absolute Gasteiger partial charge is 0.0541 e. The van der Waals surface area contributed by atoms with Crippen LogP contribution in [0.4, 0.5) is 17.1 Å². The second-order valence-corrected chi connectivity index (χ2v) is 15.7. The molecule has 0 aliphatic heterocycles. The van der Waals surface area contributed by atoms with E-state index < -0.39 is 0 Å². The monoisotopic (exact) mass is 754 g/mol. The zero-order valence-corrected chi connectivity index (χ0v) is 33.0. The molecule has 11 rings (SSSR count). The van der Waals surface area contributed by atoms with Crippen molar-refractivity contribution >= 4 is 60.4 Å². The number of benzene rings is 9. The number of allylic oxidation sites excluding steroid dienone is 4. The van der Waals surface area contributed by atoms with Gasteiger partial charge < -0.3 is 9.47 Å². The van der Waals surface area contributed by atoms with Crippen LogP contribution in [0.15, 0.2) is 218 Å². The summed E-state index contributed by atoms with van der Waals surface area (Å²) in [6.07, 6.45) is 10.0. The molecule has 1 unspecified atom stereocenters. The van der Waals surface area contributed by atoms with Gasteiger partial charge in [0.15, 0.2) is 0 Å². The van der Waals surface area contributed by atoms with Gasteiger partial charge in [-0.1, -0.05) is 152 Å². The minimum absolute atomic E-state index is 0.352. The maximum atomic E-state index is 2.37. The summed E-state index contributed by atoms with van der Waals surface area (Å²) >= 11 is 0.